The van der Waals surface area contributed by atoms with Gasteiger partial charge >= 0.3 is 18.1 Å². The second-order valence-corrected chi connectivity index (χ2v) is 7.51. The fourth-order valence-corrected chi connectivity index (χ4v) is 2.87. The van der Waals surface area contributed by atoms with Gasteiger partial charge in [-0.1, -0.05) is 12.1 Å². The van der Waals surface area contributed by atoms with E-state index in [2.05, 4.69) is 10.6 Å². The lowest BCUT2D eigenvalue weighted by molar-refractivity contribution is -0.192. The molecule has 0 bridgehead atoms. The number of benzene rings is 1. The summed E-state index contributed by atoms with van der Waals surface area (Å²) in [6, 6.07) is 5.50. The molecule has 1 heterocycles. The van der Waals surface area contributed by atoms with Gasteiger partial charge in [0.25, 0.3) is 17.7 Å². The number of imide groups is 1. The summed E-state index contributed by atoms with van der Waals surface area (Å²) in [5.41, 5.74) is 6.65. The van der Waals surface area contributed by atoms with Crippen molar-refractivity contribution in [1.82, 2.24) is 15.5 Å². The fourth-order valence-electron chi connectivity index (χ4n) is 2.87. The average Bonchev–Trinajstić information content (AvgIpc) is 3.16. The molecule has 4 amide bonds. The highest BCUT2D eigenvalue weighted by Crippen LogP contribution is 2.13. The van der Waals surface area contributed by atoms with Crippen molar-refractivity contribution in [2.75, 3.05) is 13.1 Å². The van der Waals surface area contributed by atoms with E-state index in [1.807, 2.05) is 0 Å². The van der Waals surface area contributed by atoms with Crippen LogP contribution in [0.15, 0.2) is 36.4 Å². The Morgan fingerprint density at radius 3 is 2.14 bits per heavy atom. The van der Waals surface area contributed by atoms with Crippen molar-refractivity contribution in [3.8, 4) is 0 Å². The number of nitrogens with one attached hydrogen (secondary N) is 2. The number of carboxylic acids is 2. The highest BCUT2D eigenvalue weighted by molar-refractivity contribution is 6.12. The Hall–Kier alpha value is -4.27. The van der Waals surface area contributed by atoms with Crippen molar-refractivity contribution in [3.05, 3.63) is 47.5 Å². The van der Waals surface area contributed by atoms with Crippen LogP contribution in [-0.2, 0) is 30.5 Å². The summed E-state index contributed by atoms with van der Waals surface area (Å²) < 4.78 is 31.7. The summed E-state index contributed by atoms with van der Waals surface area (Å²) in [4.78, 5) is 68.4. The first kappa shape index (κ1) is 30.8. The molecule has 0 aliphatic carbocycles. The standard InChI is InChI=1S/C20H24N4O6.C2HF3O2/c21-11-13-4-3-5-14(10-13)19(28)22-12-16(25)23-15(20(29)30)6-1-2-9-24-17(26)7-8-18(24)27;3-2(4,5)1(6)7/h3-5,7-8,10,15H,1-2,6,9,11-12,21H2,(H,22,28)(H,23,25)(H,29,30);(H,6,7). The van der Waals surface area contributed by atoms with Crippen molar-refractivity contribution in [3.63, 3.8) is 0 Å². The Morgan fingerprint density at radius 1 is 1.03 bits per heavy atom. The minimum Gasteiger partial charge on any atom is -0.480 e. The number of carboxylic acid groups (broad SMARTS) is 2. The van der Waals surface area contributed by atoms with Crippen LogP contribution in [0, 0.1) is 0 Å². The zero-order chi connectivity index (χ0) is 28.2. The number of hydrogen-bond acceptors (Lipinski definition) is 7. The van der Waals surface area contributed by atoms with E-state index < -0.39 is 47.8 Å². The number of carbonyl (C=O) groups is 6. The predicted molar refractivity (Wildman–Crippen MR) is 120 cm³/mol. The van der Waals surface area contributed by atoms with Crippen LogP contribution in [0.3, 0.4) is 0 Å². The Bertz CT molecular complexity index is 1040. The number of amides is 4. The molecule has 0 saturated heterocycles. The van der Waals surface area contributed by atoms with E-state index in [-0.39, 0.29) is 26.1 Å². The maximum absolute atomic E-state index is 12.1. The van der Waals surface area contributed by atoms with E-state index in [1.54, 1.807) is 24.3 Å². The van der Waals surface area contributed by atoms with Gasteiger partial charge in [0.1, 0.15) is 6.04 Å². The van der Waals surface area contributed by atoms with Crippen LogP contribution in [0.1, 0.15) is 35.2 Å². The van der Waals surface area contributed by atoms with Crippen LogP contribution in [0.2, 0.25) is 0 Å². The van der Waals surface area contributed by atoms with Gasteiger partial charge in [-0.15, -0.1) is 0 Å². The Morgan fingerprint density at radius 2 is 1.62 bits per heavy atom. The lowest BCUT2D eigenvalue weighted by Crippen LogP contribution is -2.45. The molecule has 37 heavy (non-hydrogen) atoms. The first-order valence-corrected chi connectivity index (χ1v) is 10.7. The van der Waals surface area contributed by atoms with Crippen molar-refractivity contribution >= 4 is 35.6 Å². The molecule has 1 aromatic carbocycles. The molecule has 1 aliphatic heterocycles. The van der Waals surface area contributed by atoms with Gasteiger partial charge in [-0.05, 0) is 37.0 Å². The van der Waals surface area contributed by atoms with Gasteiger partial charge < -0.3 is 26.6 Å². The fraction of sp³-hybridized carbons (Fsp3) is 0.364. The molecule has 12 nitrogen and oxygen atoms in total. The highest BCUT2D eigenvalue weighted by Gasteiger charge is 2.38. The third kappa shape index (κ3) is 10.9. The van der Waals surface area contributed by atoms with E-state index >= 15 is 0 Å². The average molecular weight is 530 g/mol. The number of halogens is 3. The molecule has 2 rings (SSSR count). The molecule has 1 atom stereocenters. The van der Waals surface area contributed by atoms with Gasteiger partial charge in [0.05, 0.1) is 6.54 Å². The Kier molecular flexibility index (Phi) is 11.9. The third-order valence-electron chi connectivity index (χ3n) is 4.74. The number of aliphatic carboxylic acids is 2. The van der Waals surface area contributed by atoms with Crippen molar-refractivity contribution in [2.24, 2.45) is 5.73 Å². The quantitative estimate of drug-likeness (QED) is 0.196. The van der Waals surface area contributed by atoms with E-state index in [0.29, 0.717) is 18.4 Å². The number of carbonyl (C=O) groups excluding carboxylic acids is 4. The van der Waals surface area contributed by atoms with Gasteiger partial charge in [-0.3, -0.25) is 24.1 Å². The maximum Gasteiger partial charge on any atom is 0.490 e. The normalized spacial score (nSPS) is 13.5. The van der Waals surface area contributed by atoms with E-state index in [9.17, 15) is 42.3 Å². The number of nitrogens with zero attached hydrogens (tertiary/aromatic N) is 1. The van der Waals surface area contributed by atoms with Crippen LogP contribution in [-0.4, -0.2) is 76.0 Å². The minimum absolute atomic E-state index is 0.122. The van der Waals surface area contributed by atoms with Gasteiger partial charge in [0.2, 0.25) is 5.91 Å². The SMILES string of the molecule is NCc1cccc(C(=O)NCC(=O)NC(CCCCN2C(=O)C=CC2=O)C(=O)O)c1.O=C(O)C(F)(F)F. The smallest absolute Gasteiger partial charge is 0.480 e. The van der Waals surface area contributed by atoms with Gasteiger partial charge in [0, 0.05) is 30.8 Å². The summed E-state index contributed by atoms with van der Waals surface area (Å²) in [5, 5.41) is 21.2. The summed E-state index contributed by atoms with van der Waals surface area (Å²) in [5.74, 6) is -5.86. The Labute approximate surface area is 208 Å². The predicted octanol–water partition coefficient (Wildman–Crippen LogP) is 0.173. The summed E-state index contributed by atoms with van der Waals surface area (Å²) in [7, 11) is 0. The number of unbranched alkanes of at least 4 members (excludes halogenated alkanes) is 1. The number of hydrogen-bond donors (Lipinski definition) is 5. The molecule has 1 aromatic rings. The van der Waals surface area contributed by atoms with Crippen LogP contribution in [0.25, 0.3) is 0 Å². The highest BCUT2D eigenvalue weighted by atomic mass is 19.4. The number of rotatable bonds is 11. The molecule has 1 unspecified atom stereocenters. The molecule has 1 aliphatic rings. The van der Waals surface area contributed by atoms with Gasteiger partial charge in [-0.2, -0.15) is 13.2 Å². The van der Waals surface area contributed by atoms with Crippen LogP contribution in [0.5, 0.6) is 0 Å². The zero-order valence-electron chi connectivity index (χ0n) is 19.3. The van der Waals surface area contributed by atoms with Crippen molar-refractivity contribution < 1.29 is 52.2 Å². The molecular formula is C22H25F3N4O8. The molecular weight excluding hydrogens is 505 g/mol. The van der Waals surface area contributed by atoms with Gasteiger partial charge in [0.15, 0.2) is 0 Å². The molecule has 15 heteroatoms. The maximum atomic E-state index is 12.1. The molecule has 0 aromatic heterocycles. The number of alkyl halides is 3. The van der Waals surface area contributed by atoms with Gasteiger partial charge in [-0.25, -0.2) is 9.59 Å². The van der Waals surface area contributed by atoms with E-state index in [4.69, 9.17) is 15.6 Å². The molecule has 6 N–H and O–H groups in total. The van der Waals surface area contributed by atoms with Crippen LogP contribution < -0.4 is 16.4 Å². The van der Waals surface area contributed by atoms with Crippen molar-refractivity contribution in [1.29, 1.82) is 0 Å². The topological polar surface area (TPSA) is 196 Å². The van der Waals surface area contributed by atoms with E-state index in [0.717, 1.165) is 10.5 Å². The molecule has 0 spiro atoms. The van der Waals surface area contributed by atoms with Crippen molar-refractivity contribution in [2.45, 2.75) is 38.0 Å². The Balaban J connectivity index is 0.000000856. The zero-order valence-corrected chi connectivity index (χ0v) is 19.3. The lowest BCUT2D eigenvalue weighted by Gasteiger charge is -2.16. The monoisotopic (exact) mass is 530 g/mol. The van der Waals surface area contributed by atoms with Crippen LogP contribution in [0.4, 0.5) is 13.2 Å². The molecule has 0 saturated carbocycles. The van der Waals surface area contributed by atoms with E-state index in [1.165, 1.54) is 12.2 Å². The summed E-state index contributed by atoms with van der Waals surface area (Å²) >= 11 is 0. The third-order valence-corrected chi connectivity index (χ3v) is 4.74. The first-order valence-electron chi connectivity index (χ1n) is 10.7. The number of nitrogens with two attached hydrogens (primary N) is 1. The molecule has 0 radical (unpaired) electrons. The second-order valence-electron chi connectivity index (χ2n) is 7.51. The molecule has 202 valence electrons. The largest absolute Gasteiger partial charge is 0.490 e. The minimum atomic E-state index is -5.08. The second kappa shape index (κ2) is 14.3. The summed E-state index contributed by atoms with van der Waals surface area (Å²) in [6.45, 7) is 0.0826. The summed E-state index contributed by atoms with van der Waals surface area (Å²) in [6.07, 6.45) is -1.80. The molecule has 0 fully saturated rings. The first-order chi connectivity index (χ1) is 17.3. The van der Waals surface area contributed by atoms with Crippen LogP contribution >= 0.6 is 0 Å². The lowest BCUT2D eigenvalue weighted by atomic mass is 10.1.